The van der Waals surface area contributed by atoms with Gasteiger partial charge < -0.3 is 5.73 Å². The van der Waals surface area contributed by atoms with Crippen molar-refractivity contribution in [3.05, 3.63) is 103 Å². The SMILES string of the molecule is Nc1c(-c2ccccc2)ccc(C=O)c1-c1ccc(-c2ccccc2)cc1. The minimum absolute atomic E-state index is 0.597. The zero-order valence-electron chi connectivity index (χ0n) is 14.8. The monoisotopic (exact) mass is 349 g/mol. The van der Waals surface area contributed by atoms with Crippen molar-refractivity contribution in [1.82, 2.24) is 0 Å². The standard InChI is InChI=1S/C25H19NO/c26-25-23(20-9-5-2-6-10-20)16-15-22(17-27)24(25)21-13-11-19(12-14-21)18-7-3-1-4-8-18/h1-17H,26H2. The molecule has 27 heavy (non-hydrogen) atoms. The molecule has 4 aromatic carbocycles. The van der Waals surface area contributed by atoms with E-state index in [0.717, 1.165) is 39.7 Å². The van der Waals surface area contributed by atoms with E-state index in [-0.39, 0.29) is 0 Å². The van der Waals surface area contributed by atoms with Crippen molar-refractivity contribution in [2.24, 2.45) is 0 Å². The zero-order valence-corrected chi connectivity index (χ0v) is 14.8. The lowest BCUT2D eigenvalue weighted by Gasteiger charge is -2.14. The Kier molecular flexibility index (Phi) is 4.54. The van der Waals surface area contributed by atoms with Crippen LogP contribution in [0.15, 0.2) is 97.1 Å². The number of benzene rings is 4. The van der Waals surface area contributed by atoms with Crippen molar-refractivity contribution in [2.75, 3.05) is 5.73 Å². The van der Waals surface area contributed by atoms with Crippen molar-refractivity contribution in [3.63, 3.8) is 0 Å². The molecule has 0 spiro atoms. The molecule has 2 N–H and O–H groups in total. The summed E-state index contributed by atoms with van der Waals surface area (Å²) >= 11 is 0. The van der Waals surface area contributed by atoms with Gasteiger partial charge in [-0.15, -0.1) is 0 Å². The minimum Gasteiger partial charge on any atom is -0.398 e. The molecule has 2 nitrogen and oxygen atoms in total. The van der Waals surface area contributed by atoms with Gasteiger partial charge in [0.05, 0.1) is 0 Å². The highest BCUT2D eigenvalue weighted by atomic mass is 16.1. The van der Waals surface area contributed by atoms with Gasteiger partial charge in [-0.25, -0.2) is 0 Å². The van der Waals surface area contributed by atoms with E-state index in [1.807, 2.05) is 72.8 Å². The average molecular weight is 349 g/mol. The lowest BCUT2D eigenvalue weighted by atomic mass is 9.91. The van der Waals surface area contributed by atoms with Crippen LogP contribution < -0.4 is 5.73 Å². The number of anilines is 1. The summed E-state index contributed by atoms with van der Waals surface area (Å²) in [7, 11) is 0. The van der Waals surface area contributed by atoms with Crippen LogP contribution in [-0.2, 0) is 0 Å². The van der Waals surface area contributed by atoms with E-state index in [1.165, 1.54) is 0 Å². The summed E-state index contributed by atoms with van der Waals surface area (Å²) in [6.07, 6.45) is 0.867. The van der Waals surface area contributed by atoms with Crippen LogP contribution in [0.4, 0.5) is 5.69 Å². The van der Waals surface area contributed by atoms with Crippen molar-refractivity contribution >= 4 is 12.0 Å². The lowest BCUT2D eigenvalue weighted by molar-refractivity contribution is 0.112. The molecule has 0 fully saturated rings. The molecule has 0 aliphatic carbocycles. The first kappa shape index (κ1) is 16.8. The first-order valence-electron chi connectivity index (χ1n) is 8.87. The van der Waals surface area contributed by atoms with E-state index in [1.54, 1.807) is 0 Å². The van der Waals surface area contributed by atoms with Crippen LogP contribution in [-0.4, -0.2) is 6.29 Å². The lowest BCUT2D eigenvalue weighted by Crippen LogP contribution is -1.98. The summed E-state index contributed by atoms with van der Waals surface area (Å²) < 4.78 is 0. The van der Waals surface area contributed by atoms with E-state index < -0.39 is 0 Å². The Morgan fingerprint density at radius 1 is 0.556 bits per heavy atom. The Labute approximate surface area is 158 Å². The fraction of sp³-hybridized carbons (Fsp3) is 0. The van der Waals surface area contributed by atoms with Gasteiger partial charge in [-0.2, -0.15) is 0 Å². The Hall–Kier alpha value is -3.65. The van der Waals surface area contributed by atoms with Crippen LogP contribution in [0.2, 0.25) is 0 Å². The largest absolute Gasteiger partial charge is 0.398 e. The smallest absolute Gasteiger partial charge is 0.150 e. The van der Waals surface area contributed by atoms with Crippen LogP contribution in [0.3, 0.4) is 0 Å². The topological polar surface area (TPSA) is 43.1 Å². The maximum absolute atomic E-state index is 11.6. The Morgan fingerprint density at radius 2 is 1.07 bits per heavy atom. The molecular weight excluding hydrogens is 330 g/mol. The molecule has 0 aliphatic heterocycles. The van der Waals surface area contributed by atoms with E-state index in [0.29, 0.717) is 11.3 Å². The quantitative estimate of drug-likeness (QED) is 0.358. The second kappa shape index (κ2) is 7.30. The summed E-state index contributed by atoms with van der Waals surface area (Å²) in [5.41, 5.74) is 13.7. The van der Waals surface area contributed by atoms with Crippen LogP contribution in [0.1, 0.15) is 10.4 Å². The number of nitrogens with two attached hydrogens (primary N) is 1. The van der Waals surface area contributed by atoms with E-state index >= 15 is 0 Å². The molecule has 4 rings (SSSR count). The molecular formula is C25H19NO. The molecule has 4 aromatic rings. The first-order valence-corrected chi connectivity index (χ1v) is 8.87. The highest BCUT2D eigenvalue weighted by Crippen LogP contribution is 2.37. The Morgan fingerprint density at radius 3 is 1.67 bits per heavy atom. The molecule has 0 radical (unpaired) electrons. The van der Waals surface area contributed by atoms with Gasteiger partial charge in [-0.1, -0.05) is 97.1 Å². The fourth-order valence-electron chi connectivity index (χ4n) is 3.39. The van der Waals surface area contributed by atoms with Gasteiger partial charge in [0, 0.05) is 22.4 Å². The van der Waals surface area contributed by atoms with E-state index in [4.69, 9.17) is 5.73 Å². The van der Waals surface area contributed by atoms with Crippen LogP contribution in [0.25, 0.3) is 33.4 Å². The van der Waals surface area contributed by atoms with Crippen LogP contribution in [0, 0.1) is 0 Å². The summed E-state index contributed by atoms with van der Waals surface area (Å²) in [6.45, 7) is 0. The summed E-state index contributed by atoms with van der Waals surface area (Å²) in [4.78, 5) is 11.6. The molecule has 130 valence electrons. The van der Waals surface area contributed by atoms with Gasteiger partial charge in [0.15, 0.2) is 6.29 Å². The van der Waals surface area contributed by atoms with Gasteiger partial charge in [0.1, 0.15) is 0 Å². The van der Waals surface area contributed by atoms with Crippen molar-refractivity contribution < 1.29 is 4.79 Å². The van der Waals surface area contributed by atoms with Gasteiger partial charge in [-0.05, 0) is 22.3 Å². The number of hydrogen-bond acceptors (Lipinski definition) is 2. The summed E-state index contributed by atoms with van der Waals surface area (Å²) in [5, 5.41) is 0. The first-order chi connectivity index (χ1) is 13.3. The second-order valence-electron chi connectivity index (χ2n) is 6.42. The third-order valence-electron chi connectivity index (χ3n) is 4.77. The third kappa shape index (κ3) is 3.25. The van der Waals surface area contributed by atoms with Crippen molar-refractivity contribution in [1.29, 1.82) is 0 Å². The van der Waals surface area contributed by atoms with E-state index in [2.05, 4.69) is 24.3 Å². The maximum atomic E-state index is 11.6. The molecule has 0 saturated heterocycles. The molecule has 0 atom stereocenters. The fourth-order valence-corrected chi connectivity index (χ4v) is 3.39. The molecule has 0 bridgehead atoms. The molecule has 0 aromatic heterocycles. The van der Waals surface area contributed by atoms with Crippen molar-refractivity contribution in [2.45, 2.75) is 0 Å². The molecule has 0 amide bonds. The molecule has 0 saturated carbocycles. The van der Waals surface area contributed by atoms with Crippen LogP contribution in [0.5, 0.6) is 0 Å². The predicted molar refractivity (Wildman–Crippen MR) is 113 cm³/mol. The normalized spacial score (nSPS) is 10.5. The number of carbonyl (C=O) groups is 1. The number of hydrogen-bond donors (Lipinski definition) is 1. The summed E-state index contributed by atoms with van der Waals surface area (Å²) in [6, 6.07) is 32.1. The number of nitrogen functional groups attached to an aromatic ring is 1. The van der Waals surface area contributed by atoms with Crippen molar-refractivity contribution in [3.8, 4) is 33.4 Å². The maximum Gasteiger partial charge on any atom is 0.150 e. The molecule has 2 heteroatoms. The third-order valence-corrected chi connectivity index (χ3v) is 4.77. The minimum atomic E-state index is 0.597. The summed E-state index contributed by atoms with van der Waals surface area (Å²) in [5.74, 6) is 0. The average Bonchev–Trinajstić information content (AvgIpc) is 2.75. The molecule has 0 unspecified atom stereocenters. The predicted octanol–water partition coefficient (Wildman–Crippen LogP) is 6.08. The van der Waals surface area contributed by atoms with Crippen LogP contribution >= 0.6 is 0 Å². The number of rotatable bonds is 4. The van der Waals surface area contributed by atoms with Gasteiger partial charge >= 0.3 is 0 Å². The Balaban J connectivity index is 1.82. The van der Waals surface area contributed by atoms with E-state index in [9.17, 15) is 4.79 Å². The zero-order chi connectivity index (χ0) is 18.6. The van der Waals surface area contributed by atoms with Gasteiger partial charge in [-0.3, -0.25) is 4.79 Å². The highest BCUT2D eigenvalue weighted by Gasteiger charge is 2.14. The Bertz CT molecular complexity index is 1070. The second-order valence-corrected chi connectivity index (χ2v) is 6.42. The molecule has 0 heterocycles. The number of aldehydes is 1. The highest BCUT2D eigenvalue weighted by molar-refractivity contribution is 5.99. The number of carbonyl (C=O) groups excluding carboxylic acids is 1. The molecule has 0 aliphatic rings. The van der Waals surface area contributed by atoms with Gasteiger partial charge in [0.25, 0.3) is 0 Å². The van der Waals surface area contributed by atoms with Gasteiger partial charge in [0.2, 0.25) is 0 Å².